The number of benzene rings is 1. The Kier molecular flexibility index (Phi) is 2.82. The highest BCUT2D eigenvalue weighted by Crippen LogP contribution is 2.10. The van der Waals surface area contributed by atoms with E-state index in [1.165, 1.54) is 24.3 Å². The zero-order valence-corrected chi connectivity index (χ0v) is 7.06. The molecule has 0 radical (unpaired) electrons. The van der Waals surface area contributed by atoms with Crippen molar-refractivity contribution in [2.24, 2.45) is 5.73 Å². The zero-order chi connectivity index (χ0) is 10.6. The molecule has 0 heterocycles. The number of nitrogens with zero attached hydrogens (tertiary/aromatic N) is 1. The van der Waals surface area contributed by atoms with Crippen LogP contribution < -0.4 is 5.73 Å². The second kappa shape index (κ2) is 4.05. The van der Waals surface area contributed by atoms with Crippen LogP contribution in [0, 0.1) is 22.0 Å². The highest BCUT2D eigenvalue weighted by atomic mass is 16.6. The van der Waals surface area contributed by atoms with Crippen LogP contribution in [0.15, 0.2) is 24.3 Å². The number of nitrogens with two attached hydrogens (primary N) is 1. The topological polar surface area (TPSA) is 86.2 Å². The smallest absolute Gasteiger partial charge is 0.293 e. The Bertz CT molecular complexity index is 426. The molecule has 0 saturated carbocycles. The van der Waals surface area contributed by atoms with Crippen LogP contribution in [0.1, 0.15) is 5.56 Å². The fraction of sp³-hybridized carbons (Fsp3) is 0. The van der Waals surface area contributed by atoms with Crippen molar-refractivity contribution >= 4 is 11.6 Å². The summed E-state index contributed by atoms with van der Waals surface area (Å²) in [6.07, 6.45) is 0. The normalized spacial score (nSPS) is 8.57. The molecule has 70 valence electrons. The number of nitro groups is 1. The Hall–Kier alpha value is -2.35. The predicted octanol–water partition coefficient (Wildman–Crippen LogP) is 0.432. The van der Waals surface area contributed by atoms with Crippen molar-refractivity contribution in [1.82, 2.24) is 0 Å². The Morgan fingerprint density at radius 1 is 1.36 bits per heavy atom. The van der Waals surface area contributed by atoms with E-state index < -0.39 is 10.8 Å². The molecule has 0 bridgehead atoms. The maximum Gasteiger partial charge on any atom is 0.293 e. The van der Waals surface area contributed by atoms with E-state index >= 15 is 0 Å². The Balaban J connectivity index is 2.91. The van der Waals surface area contributed by atoms with Crippen LogP contribution in [-0.2, 0) is 4.79 Å². The molecule has 14 heavy (non-hydrogen) atoms. The molecule has 0 aliphatic carbocycles. The monoisotopic (exact) mass is 190 g/mol. The van der Waals surface area contributed by atoms with Gasteiger partial charge < -0.3 is 5.73 Å². The molecule has 1 amide bonds. The van der Waals surface area contributed by atoms with E-state index in [-0.39, 0.29) is 5.69 Å². The summed E-state index contributed by atoms with van der Waals surface area (Å²) < 4.78 is 0. The molecule has 5 heteroatoms. The Morgan fingerprint density at radius 2 is 1.93 bits per heavy atom. The first-order valence-corrected chi connectivity index (χ1v) is 3.65. The van der Waals surface area contributed by atoms with Crippen LogP contribution in [0.25, 0.3) is 0 Å². The average Bonchev–Trinajstić information content (AvgIpc) is 2.15. The maximum absolute atomic E-state index is 10.3. The van der Waals surface area contributed by atoms with E-state index in [4.69, 9.17) is 5.73 Å². The highest BCUT2D eigenvalue weighted by molar-refractivity contribution is 5.92. The van der Waals surface area contributed by atoms with E-state index in [2.05, 4.69) is 11.8 Å². The second-order valence-corrected chi connectivity index (χ2v) is 2.42. The molecular weight excluding hydrogens is 184 g/mol. The molecule has 1 aromatic rings. The average molecular weight is 190 g/mol. The standard InChI is InChI=1S/C9H6N2O3/c10-9(12)6-3-7-1-4-8(5-2-7)11(13)14/h1-2,4-5H,(H2,10,12). The molecule has 0 unspecified atom stereocenters. The zero-order valence-electron chi connectivity index (χ0n) is 7.06. The van der Waals surface area contributed by atoms with Crippen molar-refractivity contribution in [3.05, 3.63) is 39.9 Å². The van der Waals surface area contributed by atoms with Crippen LogP contribution in [0.4, 0.5) is 5.69 Å². The first-order valence-electron chi connectivity index (χ1n) is 3.65. The molecule has 0 aromatic heterocycles. The van der Waals surface area contributed by atoms with Gasteiger partial charge in [0.25, 0.3) is 11.6 Å². The van der Waals surface area contributed by atoms with Crippen molar-refractivity contribution in [3.8, 4) is 11.8 Å². The van der Waals surface area contributed by atoms with E-state index in [0.29, 0.717) is 5.56 Å². The van der Waals surface area contributed by atoms with Gasteiger partial charge in [0.05, 0.1) is 4.92 Å². The quantitative estimate of drug-likeness (QED) is 0.395. The molecule has 2 N–H and O–H groups in total. The number of carbonyl (C=O) groups excluding carboxylic acids is 1. The van der Waals surface area contributed by atoms with Gasteiger partial charge in [-0.05, 0) is 18.1 Å². The summed E-state index contributed by atoms with van der Waals surface area (Å²) in [5.41, 5.74) is 5.29. The molecular formula is C9H6N2O3. The van der Waals surface area contributed by atoms with Crippen molar-refractivity contribution in [2.75, 3.05) is 0 Å². The third-order valence-electron chi connectivity index (χ3n) is 1.41. The molecule has 0 aliphatic rings. The number of carbonyl (C=O) groups is 1. The number of rotatable bonds is 1. The molecule has 1 rings (SSSR count). The van der Waals surface area contributed by atoms with Gasteiger partial charge in [-0.3, -0.25) is 14.9 Å². The van der Waals surface area contributed by atoms with Gasteiger partial charge in [0.15, 0.2) is 0 Å². The molecule has 0 atom stereocenters. The summed E-state index contributed by atoms with van der Waals surface area (Å²) >= 11 is 0. The van der Waals surface area contributed by atoms with Crippen molar-refractivity contribution in [1.29, 1.82) is 0 Å². The highest BCUT2D eigenvalue weighted by Gasteiger charge is 2.01. The second-order valence-electron chi connectivity index (χ2n) is 2.42. The fourth-order valence-electron chi connectivity index (χ4n) is 0.800. The molecule has 0 fully saturated rings. The summed E-state index contributed by atoms with van der Waals surface area (Å²) in [5, 5.41) is 10.3. The minimum atomic E-state index is -0.733. The fourth-order valence-corrected chi connectivity index (χ4v) is 0.800. The summed E-state index contributed by atoms with van der Waals surface area (Å²) in [6, 6.07) is 5.53. The van der Waals surface area contributed by atoms with Crippen LogP contribution in [-0.4, -0.2) is 10.8 Å². The lowest BCUT2D eigenvalue weighted by Crippen LogP contribution is -2.06. The minimum Gasteiger partial charge on any atom is -0.359 e. The van der Waals surface area contributed by atoms with Crippen LogP contribution in [0.3, 0.4) is 0 Å². The molecule has 0 aliphatic heterocycles. The van der Waals surface area contributed by atoms with Crippen LogP contribution >= 0.6 is 0 Å². The van der Waals surface area contributed by atoms with E-state index in [1.54, 1.807) is 0 Å². The lowest BCUT2D eigenvalue weighted by Gasteiger charge is -1.90. The predicted molar refractivity (Wildman–Crippen MR) is 49.2 cm³/mol. The Labute approximate surface area is 79.7 Å². The van der Waals surface area contributed by atoms with Gasteiger partial charge in [-0.25, -0.2) is 0 Å². The van der Waals surface area contributed by atoms with E-state index in [0.717, 1.165) is 0 Å². The third-order valence-corrected chi connectivity index (χ3v) is 1.41. The Morgan fingerprint density at radius 3 is 2.36 bits per heavy atom. The van der Waals surface area contributed by atoms with Gasteiger partial charge in [0.1, 0.15) is 0 Å². The number of nitro benzene ring substituents is 1. The molecule has 5 nitrogen and oxygen atoms in total. The number of amides is 1. The number of primary amides is 1. The lowest BCUT2D eigenvalue weighted by atomic mass is 10.2. The molecule has 1 aromatic carbocycles. The van der Waals surface area contributed by atoms with Crippen molar-refractivity contribution in [2.45, 2.75) is 0 Å². The number of non-ortho nitro benzene ring substituents is 1. The SMILES string of the molecule is NC(=O)C#Cc1ccc([N+](=O)[O-])cc1. The maximum atomic E-state index is 10.3. The lowest BCUT2D eigenvalue weighted by molar-refractivity contribution is -0.384. The number of hydrogen-bond donors (Lipinski definition) is 1. The van der Waals surface area contributed by atoms with Gasteiger partial charge >= 0.3 is 0 Å². The van der Waals surface area contributed by atoms with Crippen molar-refractivity contribution in [3.63, 3.8) is 0 Å². The van der Waals surface area contributed by atoms with Crippen molar-refractivity contribution < 1.29 is 9.72 Å². The summed E-state index contributed by atoms with van der Waals surface area (Å²) in [6.45, 7) is 0. The van der Waals surface area contributed by atoms with E-state index in [9.17, 15) is 14.9 Å². The first-order chi connectivity index (χ1) is 6.59. The summed E-state index contributed by atoms with van der Waals surface area (Å²) in [4.78, 5) is 20.1. The van der Waals surface area contributed by atoms with Gasteiger partial charge in [0, 0.05) is 17.7 Å². The van der Waals surface area contributed by atoms with Gasteiger partial charge in [-0.1, -0.05) is 5.92 Å². The summed E-state index contributed by atoms with van der Waals surface area (Å²) in [7, 11) is 0. The number of hydrogen-bond acceptors (Lipinski definition) is 3. The van der Waals surface area contributed by atoms with Crippen LogP contribution in [0.2, 0.25) is 0 Å². The third kappa shape index (κ3) is 2.60. The first kappa shape index (κ1) is 9.74. The summed E-state index contributed by atoms with van der Waals surface area (Å²) in [5.74, 6) is 3.86. The van der Waals surface area contributed by atoms with E-state index in [1.807, 2.05) is 0 Å². The van der Waals surface area contributed by atoms with Gasteiger partial charge in [-0.2, -0.15) is 0 Å². The molecule has 0 saturated heterocycles. The van der Waals surface area contributed by atoms with Gasteiger partial charge in [-0.15, -0.1) is 0 Å². The minimum absolute atomic E-state index is 0.0189. The molecule has 0 spiro atoms. The largest absolute Gasteiger partial charge is 0.359 e. The van der Waals surface area contributed by atoms with Crippen LogP contribution in [0.5, 0.6) is 0 Å². The van der Waals surface area contributed by atoms with Gasteiger partial charge in [0.2, 0.25) is 0 Å².